The number of unbranched alkanes of at least 4 members (excludes halogenated alkanes) is 28. The van der Waals surface area contributed by atoms with Gasteiger partial charge in [-0.3, -0.25) is 14.4 Å². The van der Waals surface area contributed by atoms with Crippen molar-refractivity contribution in [2.24, 2.45) is 0 Å². The third-order valence-electron chi connectivity index (χ3n) is 13.5. The van der Waals surface area contributed by atoms with Crippen LogP contribution in [0.5, 0.6) is 0 Å². The molecule has 0 aliphatic rings. The van der Waals surface area contributed by atoms with E-state index in [-0.39, 0.29) is 31.1 Å². The van der Waals surface area contributed by atoms with Crippen molar-refractivity contribution in [3.8, 4) is 0 Å². The number of allylic oxidation sites excluding steroid dienone is 18. The fourth-order valence-electron chi connectivity index (χ4n) is 8.71. The van der Waals surface area contributed by atoms with E-state index in [1.165, 1.54) is 116 Å². The van der Waals surface area contributed by atoms with E-state index in [1.54, 1.807) is 0 Å². The molecule has 1 atom stereocenters. The molecule has 0 rings (SSSR count). The largest absolute Gasteiger partial charge is 0.462 e. The van der Waals surface area contributed by atoms with Gasteiger partial charge in [0.2, 0.25) is 0 Å². The Morgan fingerprint density at radius 3 is 0.816 bits per heavy atom. The Labute approximate surface area is 470 Å². The Morgan fingerprint density at radius 2 is 0.513 bits per heavy atom. The zero-order valence-electron chi connectivity index (χ0n) is 49.7. The highest BCUT2D eigenvalue weighted by Crippen LogP contribution is 2.15. The first kappa shape index (κ1) is 72.1. The Hall–Kier alpha value is -3.93. The van der Waals surface area contributed by atoms with Gasteiger partial charge < -0.3 is 14.2 Å². The maximum absolute atomic E-state index is 12.9. The lowest BCUT2D eigenvalue weighted by Crippen LogP contribution is -2.30. The van der Waals surface area contributed by atoms with Crippen molar-refractivity contribution in [2.45, 2.75) is 303 Å². The summed E-state index contributed by atoms with van der Waals surface area (Å²) in [5, 5.41) is 0. The highest BCUT2D eigenvalue weighted by Gasteiger charge is 2.19. The average Bonchev–Trinajstić information content (AvgIpc) is 3.42. The molecule has 0 N–H and O–H groups in total. The SMILES string of the molecule is CC/C=C\C/C=C\C/C=C\C/C=C\C/C=C\CCCCCCCC(=O)OCC(COC(=O)CCCCCCC/C=C\CCCCCCCCC)OC(=O)CCCCCCCC/C=C\C/C=C\C/C=C\CCCCCCC. The molecule has 434 valence electrons. The van der Waals surface area contributed by atoms with Crippen LogP contribution >= 0.6 is 0 Å². The zero-order valence-corrected chi connectivity index (χ0v) is 49.7. The highest BCUT2D eigenvalue weighted by atomic mass is 16.6. The van der Waals surface area contributed by atoms with Gasteiger partial charge in [-0.2, -0.15) is 0 Å². The molecular weight excluding hydrogens is 937 g/mol. The number of hydrogen-bond donors (Lipinski definition) is 0. The lowest BCUT2D eigenvalue weighted by Gasteiger charge is -2.18. The molecule has 0 aromatic rings. The van der Waals surface area contributed by atoms with Crippen LogP contribution in [0.15, 0.2) is 109 Å². The number of esters is 3. The van der Waals surface area contributed by atoms with Gasteiger partial charge in [-0.05, 0) is 128 Å². The molecule has 6 nitrogen and oxygen atoms in total. The molecule has 0 saturated carbocycles. The smallest absolute Gasteiger partial charge is 0.306 e. The lowest BCUT2D eigenvalue weighted by atomic mass is 10.1. The first-order valence-corrected chi connectivity index (χ1v) is 31.9. The molecule has 0 aliphatic carbocycles. The molecule has 0 fully saturated rings. The standard InChI is InChI=1S/C70H118O6/c1-4-7-10-13-16-19-22-25-28-31-33-35-37-39-42-45-48-51-54-57-60-63-69(72)75-66-67(65-74-68(71)62-59-56-53-50-47-44-41-30-27-24-21-18-15-12-9-6-3)76-70(73)64-61-58-55-52-49-46-43-40-38-36-34-32-29-26-23-20-17-14-11-8-5-2/h7,10,16,19,23,25-26,28,30,32-35,38-42,67H,4-6,8-9,11-15,17-18,20-22,24,27,29,31,36-37,43-66H2,1-3H3/b10-7-,19-16-,26-23-,28-25-,34-32-,35-33-,40-38-,41-30-,42-39-. The summed E-state index contributed by atoms with van der Waals surface area (Å²) in [6.07, 6.45) is 86.5. The van der Waals surface area contributed by atoms with Gasteiger partial charge in [0.05, 0.1) is 0 Å². The number of ether oxygens (including phenoxy) is 3. The van der Waals surface area contributed by atoms with Crippen LogP contribution < -0.4 is 0 Å². The highest BCUT2D eigenvalue weighted by molar-refractivity contribution is 5.71. The van der Waals surface area contributed by atoms with E-state index >= 15 is 0 Å². The molecule has 0 spiro atoms. The van der Waals surface area contributed by atoms with E-state index in [9.17, 15) is 14.4 Å². The Bertz CT molecular complexity index is 1540. The number of carbonyl (C=O) groups is 3. The van der Waals surface area contributed by atoms with Crippen molar-refractivity contribution in [2.75, 3.05) is 13.2 Å². The van der Waals surface area contributed by atoms with Crippen LogP contribution in [0.4, 0.5) is 0 Å². The summed E-state index contributed by atoms with van der Waals surface area (Å²) < 4.78 is 16.9. The topological polar surface area (TPSA) is 78.9 Å². The summed E-state index contributed by atoms with van der Waals surface area (Å²) in [7, 11) is 0. The maximum Gasteiger partial charge on any atom is 0.306 e. The monoisotopic (exact) mass is 1050 g/mol. The summed E-state index contributed by atoms with van der Waals surface area (Å²) in [6, 6.07) is 0. The Kier molecular flexibility index (Phi) is 60.3. The van der Waals surface area contributed by atoms with Crippen LogP contribution in [-0.2, 0) is 28.6 Å². The van der Waals surface area contributed by atoms with Gasteiger partial charge in [-0.25, -0.2) is 0 Å². The van der Waals surface area contributed by atoms with Crippen molar-refractivity contribution in [3.63, 3.8) is 0 Å². The first-order valence-electron chi connectivity index (χ1n) is 31.9. The van der Waals surface area contributed by atoms with E-state index in [2.05, 4.69) is 130 Å². The molecule has 6 heteroatoms. The molecule has 0 aromatic heterocycles. The van der Waals surface area contributed by atoms with Crippen molar-refractivity contribution >= 4 is 17.9 Å². The van der Waals surface area contributed by atoms with Crippen LogP contribution in [0.2, 0.25) is 0 Å². The minimum absolute atomic E-state index is 0.0949. The Balaban J connectivity index is 4.47. The van der Waals surface area contributed by atoms with Gasteiger partial charge in [-0.15, -0.1) is 0 Å². The van der Waals surface area contributed by atoms with Gasteiger partial charge in [0.25, 0.3) is 0 Å². The molecule has 0 bridgehead atoms. The summed E-state index contributed by atoms with van der Waals surface area (Å²) in [5.74, 6) is -0.928. The van der Waals surface area contributed by atoms with Crippen LogP contribution in [0.25, 0.3) is 0 Å². The maximum atomic E-state index is 12.9. The second kappa shape index (κ2) is 63.6. The normalized spacial score (nSPS) is 12.8. The second-order valence-electron chi connectivity index (χ2n) is 20.9. The number of hydrogen-bond acceptors (Lipinski definition) is 6. The van der Waals surface area contributed by atoms with Crippen molar-refractivity contribution in [1.82, 2.24) is 0 Å². The van der Waals surface area contributed by atoms with Crippen molar-refractivity contribution < 1.29 is 28.6 Å². The summed E-state index contributed by atoms with van der Waals surface area (Å²) in [6.45, 7) is 6.50. The zero-order chi connectivity index (χ0) is 55.0. The molecule has 0 saturated heterocycles. The lowest BCUT2D eigenvalue weighted by molar-refractivity contribution is -0.167. The molecule has 0 aliphatic heterocycles. The van der Waals surface area contributed by atoms with Crippen molar-refractivity contribution in [1.29, 1.82) is 0 Å². The summed E-state index contributed by atoms with van der Waals surface area (Å²) >= 11 is 0. The van der Waals surface area contributed by atoms with Gasteiger partial charge in [-0.1, -0.05) is 259 Å². The molecule has 1 unspecified atom stereocenters. The minimum Gasteiger partial charge on any atom is -0.462 e. The molecule has 0 amide bonds. The molecule has 0 radical (unpaired) electrons. The van der Waals surface area contributed by atoms with Crippen LogP contribution in [0.3, 0.4) is 0 Å². The quantitative estimate of drug-likeness (QED) is 0.0261. The van der Waals surface area contributed by atoms with Crippen molar-refractivity contribution in [3.05, 3.63) is 109 Å². The van der Waals surface area contributed by atoms with Crippen LogP contribution in [-0.4, -0.2) is 37.2 Å². The average molecular weight is 1060 g/mol. The van der Waals surface area contributed by atoms with Gasteiger partial charge in [0, 0.05) is 19.3 Å². The van der Waals surface area contributed by atoms with E-state index in [0.29, 0.717) is 19.3 Å². The molecule has 0 aromatic carbocycles. The fraction of sp³-hybridized carbons (Fsp3) is 0.700. The number of rotatable bonds is 57. The second-order valence-corrected chi connectivity index (χ2v) is 20.9. The third-order valence-corrected chi connectivity index (χ3v) is 13.5. The van der Waals surface area contributed by atoms with Gasteiger partial charge >= 0.3 is 17.9 Å². The van der Waals surface area contributed by atoms with Crippen LogP contribution in [0.1, 0.15) is 297 Å². The van der Waals surface area contributed by atoms with E-state index in [4.69, 9.17) is 14.2 Å². The first-order chi connectivity index (χ1) is 37.5. The molecule has 76 heavy (non-hydrogen) atoms. The van der Waals surface area contributed by atoms with E-state index in [1.807, 2.05) is 0 Å². The predicted octanol–water partition coefficient (Wildman–Crippen LogP) is 21.8. The Morgan fingerprint density at radius 1 is 0.276 bits per heavy atom. The summed E-state index contributed by atoms with van der Waals surface area (Å²) in [4.78, 5) is 38.3. The van der Waals surface area contributed by atoms with Gasteiger partial charge in [0.1, 0.15) is 13.2 Å². The van der Waals surface area contributed by atoms with Crippen LogP contribution in [0, 0.1) is 0 Å². The molecular formula is C70H118O6. The van der Waals surface area contributed by atoms with E-state index < -0.39 is 6.10 Å². The minimum atomic E-state index is -0.800. The fourth-order valence-corrected chi connectivity index (χ4v) is 8.71. The number of carbonyl (C=O) groups excluding carboxylic acids is 3. The third kappa shape index (κ3) is 60.9. The summed E-state index contributed by atoms with van der Waals surface area (Å²) in [5.41, 5.74) is 0. The van der Waals surface area contributed by atoms with Gasteiger partial charge in [0.15, 0.2) is 6.10 Å². The van der Waals surface area contributed by atoms with E-state index in [0.717, 1.165) is 141 Å². The molecule has 0 heterocycles. The predicted molar refractivity (Wildman–Crippen MR) is 330 cm³/mol.